The Hall–Kier alpha value is -3.35. The van der Waals surface area contributed by atoms with Gasteiger partial charge in [0.2, 0.25) is 17.8 Å². The first-order valence-corrected chi connectivity index (χ1v) is 11.4. The van der Waals surface area contributed by atoms with Crippen LogP contribution in [0.3, 0.4) is 0 Å². The van der Waals surface area contributed by atoms with Crippen LogP contribution in [0.25, 0.3) is 0 Å². The average molecular weight is 433 g/mol. The molecule has 1 aromatic heterocycles. The van der Waals surface area contributed by atoms with Gasteiger partial charge in [-0.25, -0.2) is 0 Å². The molecule has 1 fully saturated rings. The van der Waals surface area contributed by atoms with E-state index in [1.165, 1.54) is 31.2 Å². The number of hydrogen-bond donors (Lipinski definition) is 2. The highest BCUT2D eigenvalue weighted by atomic mass is 16.5. The molecule has 7 heteroatoms. The van der Waals surface area contributed by atoms with Crippen molar-refractivity contribution in [2.24, 2.45) is 0 Å². The zero-order valence-corrected chi connectivity index (χ0v) is 18.9. The van der Waals surface area contributed by atoms with Gasteiger partial charge in [-0.1, -0.05) is 56.0 Å². The molecule has 1 saturated carbocycles. The maximum absolute atomic E-state index is 5.25. The summed E-state index contributed by atoms with van der Waals surface area (Å²) in [5.41, 5.74) is 2.10. The maximum Gasteiger partial charge on any atom is 0.233 e. The molecule has 2 aromatic carbocycles. The molecule has 7 nitrogen and oxygen atoms in total. The van der Waals surface area contributed by atoms with Crippen LogP contribution in [0.1, 0.15) is 44.1 Å². The molecule has 0 unspecified atom stereocenters. The van der Waals surface area contributed by atoms with Crippen LogP contribution in [-0.4, -0.2) is 35.2 Å². The average Bonchev–Trinajstić information content (AvgIpc) is 3.09. The van der Waals surface area contributed by atoms with E-state index in [0.29, 0.717) is 23.9 Å². The fourth-order valence-corrected chi connectivity index (χ4v) is 3.99. The van der Waals surface area contributed by atoms with Crippen LogP contribution in [-0.2, 0) is 6.54 Å². The first kappa shape index (κ1) is 21.9. The smallest absolute Gasteiger partial charge is 0.233 e. The predicted molar refractivity (Wildman–Crippen MR) is 130 cm³/mol. The monoisotopic (exact) mass is 432 g/mol. The number of rotatable bonds is 8. The van der Waals surface area contributed by atoms with Crippen molar-refractivity contribution < 1.29 is 4.74 Å². The molecule has 0 radical (unpaired) electrons. The molecule has 1 aliphatic rings. The predicted octanol–water partition coefficient (Wildman–Crippen LogP) is 5.39. The Morgan fingerprint density at radius 3 is 2.25 bits per heavy atom. The van der Waals surface area contributed by atoms with E-state index in [2.05, 4.69) is 32.7 Å². The third-order valence-electron chi connectivity index (χ3n) is 5.76. The van der Waals surface area contributed by atoms with E-state index in [0.717, 1.165) is 30.8 Å². The summed E-state index contributed by atoms with van der Waals surface area (Å²) in [5.74, 6) is 2.59. The van der Waals surface area contributed by atoms with E-state index in [-0.39, 0.29) is 0 Å². The van der Waals surface area contributed by atoms with Gasteiger partial charge in [0.05, 0.1) is 7.11 Å². The Balaban J connectivity index is 1.57. The van der Waals surface area contributed by atoms with Gasteiger partial charge in [-0.2, -0.15) is 15.0 Å². The van der Waals surface area contributed by atoms with E-state index in [1.807, 2.05) is 49.5 Å². The number of benzene rings is 2. The zero-order chi connectivity index (χ0) is 22.2. The number of nitrogens with one attached hydrogen (secondary N) is 2. The van der Waals surface area contributed by atoms with Gasteiger partial charge in [0.1, 0.15) is 5.75 Å². The van der Waals surface area contributed by atoms with E-state index in [4.69, 9.17) is 14.7 Å². The van der Waals surface area contributed by atoms with Gasteiger partial charge in [-0.15, -0.1) is 0 Å². The number of ether oxygens (including phenoxy) is 1. The van der Waals surface area contributed by atoms with Crippen LogP contribution < -0.4 is 20.3 Å². The van der Waals surface area contributed by atoms with Crippen molar-refractivity contribution in [3.8, 4) is 5.75 Å². The molecule has 32 heavy (non-hydrogen) atoms. The number of aromatic nitrogens is 3. The van der Waals surface area contributed by atoms with Gasteiger partial charge < -0.3 is 20.3 Å². The molecule has 0 atom stereocenters. The molecule has 4 rings (SSSR count). The third kappa shape index (κ3) is 6.09. The molecule has 0 spiro atoms. The molecular formula is C25H32N6O. The second kappa shape index (κ2) is 10.8. The Bertz CT molecular complexity index is 971. The van der Waals surface area contributed by atoms with Crippen molar-refractivity contribution in [2.75, 3.05) is 29.7 Å². The quantitative estimate of drug-likeness (QED) is 0.462. The minimum Gasteiger partial charge on any atom is -0.497 e. The summed E-state index contributed by atoms with van der Waals surface area (Å²) in [5, 5.41) is 6.90. The molecular weight excluding hydrogens is 400 g/mol. The van der Waals surface area contributed by atoms with E-state index in [9.17, 15) is 0 Å². The molecule has 1 aliphatic carbocycles. The topological polar surface area (TPSA) is 75.2 Å². The highest BCUT2D eigenvalue weighted by Gasteiger charge is 2.16. The van der Waals surface area contributed by atoms with E-state index >= 15 is 0 Å². The molecule has 3 aromatic rings. The lowest BCUT2D eigenvalue weighted by Gasteiger charge is -2.21. The first-order chi connectivity index (χ1) is 15.7. The van der Waals surface area contributed by atoms with Crippen molar-refractivity contribution in [2.45, 2.75) is 51.1 Å². The van der Waals surface area contributed by atoms with Gasteiger partial charge in [0, 0.05) is 25.3 Å². The molecule has 0 aliphatic heterocycles. The van der Waals surface area contributed by atoms with Crippen LogP contribution in [0, 0.1) is 0 Å². The van der Waals surface area contributed by atoms with Crippen molar-refractivity contribution in [1.82, 2.24) is 15.0 Å². The molecule has 0 amide bonds. The van der Waals surface area contributed by atoms with Gasteiger partial charge in [0.25, 0.3) is 0 Å². The lowest BCUT2D eigenvalue weighted by molar-refractivity contribution is 0.415. The summed E-state index contributed by atoms with van der Waals surface area (Å²) in [6, 6.07) is 18.5. The number of anilines is 4. The van der Waals surface area contributed by atoms with Crippen LogP contribution in [0.15, 0.2) is 54.6 Å². The highest BCUT2D eigenvalue weighted by Crippen LogP contribution is 2.23. The Morgan fingerprint density at radius 1 is 0.875 bits per heavy atom. The van der Waals surface area contributed by atoms with Crippen molar-refractivity contribution in [3.05, 3.63) is 60.2 Å². The second-order valence-electron chi connectivity index (χ2n) is 8.31. The van der Waals surface area contributed by atoms with Gasteiger partial charge >= 0.3 is 0 Å². The standard InChI is InChI=1S/C25H32N6O/c1-31(18-19-10-6-5-7-11-19)25-29-23(26-20-12-8-3-4-9-13-20)28-24(30-25)27-21-14-16-22(32-2)17-15-21/h5-7,10-11,14-17,20H,3-4,8-9,12-13,18H2,1-2H3,(H2,26,27,28,29,30). The van der Waals surface area contributed by atoms with Crippen molar-refractivity contribution in [1.29, 1.82) is 0 Å². The van der Waals surface area contributed by atoms with Crippen LogP contribution in [0.2, 0.25) is 0 Å². The van der Waals surface area contributed by atoms with E-state index < -0.39 is 0 Å². The van der Waals surface area contributed by atoms with Crippen LogP contribution in [0.4, 0.5) is 23.5 Å². The first-order valence-electron chi connectivity index (χ1n) is 11.4. The summed E-state index contributed by atoms with van der Waals surface area (Å²) in [7, 11) is 3.67. The van der Waals surface area contributed by atoms with Gasteiger partial charge in [-0.05, 0) is 42.7 Å². The minimum atomic E-state index is 0.404. The Morgan fingerprint density at radius 2 is 1.56 bits per heavy atom. The SMILES string of the molecule is COc1ccc(Nc2nc(NC3CCCCCC3)nc(N(C)Cc3ccccc3)n2)cc1. The lowest BCUT2D eigenvalue weighted by Crippen LogP contribution is -2.24. The molecule has 0 bridgehead atoms. The minimum absolute atomic E-state index is 0.404. The summed E-state index contributed by atoms with van der Waals surface area (Å²) in [4.78, 5) is 16.2. The molecule has 168 valence electrons. The van der Waals surface area contributed by atoms with Gasteiger partial charge in [-0.3, -0.25) is 0 Å². The van der Waals surface area contributed by atoms with E-state index in [1.54, 1.807) is 7.11 Å². The van der Waals surface area contributed by atoms with Crippen LogP contribution >= 0.6 is 0 Å². The second-order valence-corrected chi connectivity index (χ2v) is 8.31. The molecule has 0 saturated heterocycles. The fraction of sp³-hybridized carbons (Fsp3) is 0.400. The third-order valence-corrected chi connectivity index (χ3v) is 5.76. The number of nitrogens with zero attached hydrogens (tertiary/aromatic N) is 4. The van der Waals surface area contributed by atoms with Crippen molar-refractivity contribution >= 4 is 23.5 Å². The summed E-state index contributed by atoms with van der Waals surface area (Å²) in [6.07, 6.45) is 7.43. The van der Waals surface area contributed by atoms with Gasteiger partial charge in [0.15, 0.2) is 0 Å². The summed E-state index contributed by atoms with van der Waals surface area (Å²) < 4.78 is 5.25. The summed E-state index contributed by atoms with van der Waals surface area (Å²) >= 11 is 0. The lowest BCUT2D eigenvalue weighted by atomic mass is 10.1. The van der Waals surface area contributed by atoms with Crippen LogP contribution in [0.5, 0.6) is 5.75 Å². The normalized spacial score (nSPS) is 14.4. The maximum atomic E-state index is 5.25. The molecule has 1 heterocycles. The zero-order valence-electron chi connectivity index (χ0n) is 18.9. The largest absolute Gasteiger partial charge is 0.497 e. The molecule has 2 N–H and O–H groups in total. The number of hydrogen-bond acceptors (Lipinski definition) is 7. The Labute approximate surface area is 190 Å². The summed E-state index contributed by atoms with van der Waals surface area (Å²) in [6.45, 7) is 0.718. The Kier molecular flexibility index (Phi) is 7.38. The highest BCUT2D eigenvalue weighted by molar-refractivity contribution is 5.57. The van der Waals surface area contributed by atoms with Crippen molar-refractivity contribution in [3.63, 3.8) is 0 Å². The number of methoxy groups -OCH3 is 1. The fourth-order valence-electron chi connectivity index (χ4n) is 3.99.